The third-order valence-corrected chi connectivity index (χ3v) is 3.44. The number of rotatable bonds is 14. The fourth-order valence-electron chi connectivity index (χ4n) is 1.94. The maximum absolute atomic E-state index is 10.3. The van der Waals surface area contributed by atoms with Gasteiger partial charge in [0.25, 0.3) is 0 Å². The molecular formula is C22H32O5. The van der Waals surface area contributed by atoms with Gasteiger partial charge in [-0.3, -0.25) is 4.79 Å². The van der Waals surface area contributed by atoms with E-state index in [1.54, 1.807) is 54.7 Å². The molecule has 27 heavy (non-hydrogen) atoms. The predicted molar refractivity (Wildman–Crippen MR) is 109 cm³/mol. The normalized spacial score (nSPS) is 16.6. The first-order valence-corrected chi connectivity index (χ1v) is 9.21. The summed E-state index contributed by atoms with van der Waals surface area (Å²) in [4.78, 5) is 10.3. The van der Waals surface area contributed by atoms with Gasteiger partial charge < -0.3 is 20.4 Å². The topological polar surface area (TPSA) is 98.0 Å². The molecule has 0 aliphatic rings. The summed E-state index contributed by atoms with van der Waals surface area (Å²) in [6.07, 6.45) is 21.0. The van der Waals surface area contributed by atoms with Gasteiger partial charge in [0.1, 0.15) is 0 Å². The van der Waals surface area contributed by atoms with E-state index in [4.69, 9.17) is 5.11 Å². The van der Waals surface area contributed by atoms with Crippen molar-refractivity contribution in [1.29, 1.82) is 0 Å². The van der Waals surface area contributed by atoms with Crippen LogP contribution in [0.25, 0.3) is 0 Å². The number of hydrogen-bond acceptors (Lipinski definition) is 4. The van der Waals surface area contributed by atoms with Crippen LogP contribution in [0.2, 0.25) is 0 Å². The molecule has 0 aromatic heterocycles. The summed E-state index contributed by atoms with van der Waals surface area (Å²) in [5.74, 6) is -0.831. The van der Waals surface area contributed by atoms with Crippen LogP contribution in [0.15, 0.2) is 72.9 Å². The fraction of sp³-hybridized carbons (Fsp3) is 0.409. The molecule has 0 aromatic carbocycles. The minimum atomic E-state index is -0.904. The van der Waals surface area contributed by atoms with Crippen molar-refractivity contribution in [3.63, 3.8) is 0 Å². The number of carboxylic acids is 1. The number of carbonyl (C=O) groups is 1. The molecule has 150 valence electrons. The molecule has 5 heteroatoms. The van der Waals surface area contributed by atoms with Crippen LogP contribution in [0, 0.1) is 0 Å². The Hall–Kier alpha value is -2.21. The lowest BCUT2D eigenvalue weighted by Crippen LogP contribution is -2.22. The van der Waals surface area contributed by atoms with Crippen molar-refractivity contribution in [1.82, 2.24) is 0 Å². The zero-order valence-corrected chi connectivity index (χ0v) is 15.9. The van der Waals surface area contributed by atoms with Gasteiger partial charge in [-0.15, -0.1) is 0 Å². The molecule has 0 radical (unpaired) electrons. The highest BCUT2D eigenvalue weighted by atomic mass is 16.4. The smallest absolute Gasteiger partial charge is 0.303 e. The van der Waals surface area contributed by atoms with Gasteiger partial charge >= 0.3 is 5.97 Å². The lowest BCUT2D eigenvalue weighted by molar-refractivity contribution is -0.136. The van der Waals surface area contributed by atoms with Crippen molar-refractivity contribution in [3.8, 4) is 0 Å². The van der Waals surface area contributed by atoms with E-state index in [2.05, 4.69) is 0 Å². The number of hydrogen-bond donors (Lipinski definition) is 4. The summed E-state index contributed by atoms with van der Waals surface area (Å²) in [5.41, 5.74) is 0. The standard InChI is InChI=1S/C22H32O5/c1-2-3-9-16-20(24)21(25)17-12-7-5-4-6-10-14-19(23)15-11-8-13-18-22(26)27/h3-12,14,17,19-21,23-25H,2,13,15-16,18H2,1H3,(H,26,27)/t19-,20+,21+/m1/s1. The molecule has 0 saturated carbocycles. The summed E-state index contributed by atoms with van der Waals surface area (Å²) in [7, 11) is 0. The molecule has 0 rings (SSSR count). The van der Waals surface area contributed by atoms with Crippen molar-refractivity contribution in [3.05, 3.63) is 72.9 Å². The highest BCUT2D eigenvalue weighted by Gasteiger charge is 2.10. The minimum Gasteiger partial charge on any atom is -0.481 e. The SMILES string of the molecule is CCC=CC[C@H](O)[C@@H](O)C=CC=CC=CC=C[C@@H](O)CC=CCCC(=O)O. The van der Waals surface area contributed by atoms with Gasteiger partial charge in [-0.1, -0.05) is 79.8 Å². The van der Waals surface area contributed by atoms with Crippen molar-refractivity contribution in [2.24, 2.45) is 0 Å². The number of aliphatic carboxylic acids is 1. The Labute approximate surface area is 162 Å². The van der Waals surface area contributed by atoms with E-state index in [0.29, 0.717) is 19.3 Å². The van der Waals surface area contributed by atoms with Crippen molar-refractivity contribution < 1.29 is 25.2 Å². The first kappa shape index (κ1) is 24.8. The van der Waals surface area contributed by atoms with Crippen molar-refractivity contribution >= 4 is 5.97 Å². The van der Waals surface area contributed by atoms with Crippen LogP contribution in [0.4, 0.5) is 0 Å². The molecule has 0 fully saturated rings. The van der Waals surface area contributed by atoms with Crippen LogP contribution in [0.5, 0.6) is 0 Å². The second-order valence-corrected chi connectivity index (χ2v) is 5.92. The highest BCUT2D eigenvalue weighted by Crippen LogP contribution is 2.03. The van der Waals surface area contributed by atoms with E-state index in [-0.39, 0.29) is 6.42 Å². The van der Waals surface area contributed by atoms with Gasteiger partial charge in [0.2, 0.25) is 0 Å². The van der Waals surface area contributed by atoms with Gasteiger partial charge in [0.05, 0.1) is 18.3 Å². The van der Waals surface area contributed by atoms with Crippen molar-refractivity contribution in [2.75, 3.05) is 0 Å². The van der Waals surface area contributed by atoms with Gasteiger partial charge in [0.15, 0.2) is 0 Å². The Bertz CT molecular complexity index is 555. The second-order valence-electron chi connectivity index (χ2n) is 5.92. The lowest BCUT2D eigenvalue weighted by atomic mass is 10.1. The van der Waals surface area contributed by atoms with E-state index in [0.717, 1.165) is 6.42 Å². The molecule has 0 saturated heterocycles. The van der Waals surface area contributed by atoms with Gasteiger partial charge in [-0.2, -0.15) is 0 Å². The molecule has 0 spiro atoms. The third-order valence-electron chi connectivity index (χ3n) is 3.44. The summed E-state index contributed by atoms with van der Waals surface area (Å²) in [5, 5.41) is 37.7. The number of aliphatic hydroxyl groups excluding tert-OH is 3. The van der Waals surface area contributed by atoms with Crippen LogP contribution in [0.1, 0.15) is 39.0 Å². The molecule has 5 nitrogen and oxygen atoms in total. The monoisotopic (exact) mass is 376 g/mol. The largest absolute Gasteiger partial charge is 0.481 e. The maximum atomic E-state index is 10.3. The molecule has 0 aliphatic carbocycles. The van der Waals surface area contributed by atoms with E-state index in [1.165, 1.54) is 6.08 Å². The molecule has 3 atom stereocenters. The summed E-state index contributed by atoms with van der Waals surface area (Å²) in [6.45, 7) is 2.01. The lowest BCUT2D eigenvalue weighted by Gasteiger charge is -2.11. The second kappa shape index (κ2) is 17.2. The number of aliphatic hydroxyl groups is 3. The molecule has 0 aliphatic heterocycles. The Kier molecular flexibility index (Phi) is 15.8. The van der Waals surface area contributed by atoms with Crippen molar-refractivity contribution in [2.45, 2.75) is 57.3 Å². The zero-order valence-electron chi connectivity index (χ0n) is 15.9. The summed E-state index contributed by atoms with van der Waals surface area (Å²) >= 11 is 0. The molecule has 0 bridgehead atoms. The first-order valence-electron chi connectivity index (χ1n) is 9.21. The average Bonchev–Trinajstić information content (AvgIpc) is 2.63. The third kappa shape index (κ3) is 17.0. The van der Waals surface area contributed by atoms with Gasteiger partial charge in [-0.05, 0) is 25.7 Å². The highest BCUT2D eigenvalue weighted by molar-refractivity contribution is 5.66. The Morgan fingerprint density at radius 3 is 2.04 bits per heavy atom. The first-order chi connectivity index (χ1) is 13.0. The van der Waals surface area contributed by atoms with Gasteiger partial charge in [-0.25, -0.2) is 0 Å². The Morgan fingerprint density at radius 2 is 1.41 bits per heavy atom. The number of allylic oxidation sites excluding steroid dienone is 8. The molecular weight excluding hydrogens is 344 g/mol. The van der Waals surface area contributed by atoms with E-state index < -0.39 is 24.3 Å². The maximum Gasteiger partial charge on any atom is 0.303 e. The quantitative estimate of drug-likeness (QED) is 0.275. The summed E-state index contributed by atoms with van der Waals surface area (Å²) in [6, 6.07) is 0. The van der Waals surface area contributed by atoms with E-state index >= 15 is 0 Å². The molecule has 0 heterocycles. The predicted octanol–water partition coefficient (Wildman–Crippen LogP) is 3.46. The van der Waals surface area contributed by atoms with Crippen LogP contribution in [-0.4, -0.2) is 44.7 Å². The average molecular weight is 376 g/mol. The molecule has 0 aromatic rings. The summed E-state index contributed by atoms with van der Waals surface area (Å²) < 4.78 is 0. The van der Waals surface area contributed by atoms with Crippen LogP contribution in [0.3, 0.4) is 0 Å². The number of carboxylic acid groups (broad SMARTS) is 1. The Morgan fingerprint density at radius 1 is 0.815 bits per heavy atom. The van der Waals surface area contributed by atoms with Crippen LogP contribution in [-0.2, 0) is 4.79 Å². The van der Waals surface area contributed by atoms with Crippen LogP contribution >= 0.6 is 0 Å². The van der Waals surface area contributed by atoms with E-state index in [1.807, 2.05) is 19.1 Å². The van der Waals surface area contributed by atoms with E-state index in [9.17, 15) is 20.1 Å². The molecule has 0 unspecified atom stereocenters. The molecule has 0 amide bonds. The van der Waals surface area contributed by atoms with Gasteiger partial charge in [0, 0.05) is 6.42 Å². The Balaban J connectivity index is 4.03. The van der Waals surface area contributed by atoms with Crippen LogP contribution < -0.4 is 0 Å². The zero-order chi connectivity index (χ0) is 20.3. The molecule has 4 N–H and O–H groups in total. The fourth-order valence-corrected chi connectivity index (χ4v) is 1.94. The minimum absolute atomic E-state index is 0.0951.